The highest BCUT2D eigenvalue weighted by Crippen LogP contribution is 2.34. The van der Waals surface area contributed by atoms with Crippen LogP contribution in [-0.2, 0) is 11.0 Å². The van der Waals surface area contributed by atoms with Gasteiger partial charge in [-0.25, -0.2) is 15.3 Å². The van der Waals surface area contributed by atoms with E-state index in [1.807, 2.05) is 6.92 Å². The molecule has 1 unspecified atom stereocenters. The Morgan fingerprint density at radius 1 is 1.39 bits per heavy atom. The van der Waals surface area contributed by atoms with Crippen LogP contribution < -0.4 is 10.8 Å². The van der Waals surface area contributed by atoms with Gasteiger partial charge >= 0.3 is 12.2 Å². The van der Waals surface area contributed by atoms with Crippen molar-refractivity contribution in [2.45, 2.75) is 25.6 Å². The first-order valence-electron chi connectivity index (χ1n) is 6.79. The van der Waals surface area contributed by atoms with E-state index in [1.165, 1.54) is 18.5 Å². The molecule has 6 nitrogen and oxygen atoms in total. The second kappa shape index (κ2) is 7.14. The molecule has 0 aliphatic carbocycles. The lowest BCUT2D eigenvalue weighted by atomic mass is 10.1. The summed E-state index contributed by atoms with van der Waals surface area (Å²) in [4.78, 5) is 23.7. The van der Waals surface area contributed by atoms with E-state index in [4.69, 9.17) is 4.84 Å². The van der Waals surface area contributed by atoms with E-state index in [0.29, 0.717) is 12.1 Å². The van der Waals surface area contributed by atoms with Crippen molar-refractivity contribution in [3.8, 4) is 0 Å². The van der Waals surface area contributed by atoms with Crippen LogP contribution in [0, 0.1) is 0 Å². The number of nitrogens with one attached hydrogen (secondary N) is 3. The number of hydrogen-bond donors (Lipinski definition) is 3. The van der Waals surface area contributed by atoms with Gasteiger partial charge in [0.05, 0.1) is 23.3 Å². The SMILES string of the molecule is CCC(ONC(=O)Nc1ccccc1C(F)(F)F)c1c[nH]cn1. The number of hydroxylamine groups is 1. The van der Waals surface area contributed by atoms with Gasteiger partial charge < -0.3 is 10.3 Å². The first kappa shape index (κ1) is 16.8. The lowest BCUT2D eigenvalue weighted by molar-refractivity contribution is -0.136. The number of carbonyl (C=O) groups is 1. The summed E-state index contributed by atoms with van der Waals surface area (Å²) in [6, 6.07) is 3.77. The highest BCUT2D eigenvalue weighted by Gasteiger charge is 2.33. The number of imidazole rings is 1. The Hall–Kier alpha value is -2.55. The molecule has 1 aromatic heterocycles. The smallest absolute Gasteiger partial charge is 0.351 e. The van der Waals surface area contributed by atoms with Crippen molar-refractivity contribution in [2.24, 2.45) is 0 Å². The van der Waals surface area contributed by atoms with Crippen LogP contribution in [0.3, 0.4) is 0 Å². The number of anilines is 1. The van der Waals surface area contributed by atoms with Crippen molar-refractivity contribution in [3.05, 3.63) is 48.0 Å². The van der Waals surface area contributed by atoms with Crippen molar-refractivity contribution >= 4 is 11.7 Å². The lowest BCUT2D eigenvalue weighted by Crippen LogP contribution is -2.31. The summed E-state index contributed by atoms with van der Waals surface area (Å²) in [5, 5.41) is 2.12. The third-order valence-electron chi connectivity index (χ3n) is 2.99. The standard InChI is InChI=1S/C14H15F3N4O2/c1-2-12(11-7-18-8-19-11)23-21-13(22)20-10-6-4-3-5-9(10)14(15,16)17/h3-8,12H,2H2,1H3,(H,18,19)(H2,20,21,22). The van der Waals surface area contributed by atoms with E-state index in [9.17, 15) is 18.0 Å². The summed E-state index contributed by atoms with van der Waals surface area (Å²) in [7, 11) is 0. The van der Waals surface area contributed by atoms with Crippen LogP contribution >= 0.6 is 0 Å². The Morgan fingerprint density at radius 3 is 2.74 bits per heavy atom. The Balaban J connectivity index is 1.98. The number of hydrogen-bond acceptors (Lipinski definition) is 3. The quantitative estimate of drug-likeness (QED) is 0.733. The van der Waals surface area contributed by atoms with Gasteiger partial charge in [0, 0.05) is 6.20 Å². The Labute approximate surface area is 130 Å². The van der Waals surface area contributed by atoms with E-state index >= 15 is 0 Å². The fraction of sp³-hybridized carbons (Fsp3) is 0.286. The number of aromatic nitrogens is 2. The summed E-state index contributed by atoms with van der Waals surface area (Å²) >= 11 is 0. The van der Waals surface area contributed by atoms with E-state index in [-0.39, 0.29) is 5.69 Å². The highest BCUT2D eigenvalue weighted by atomic mass is 19.4. The summed E-state index contributed by atoms with van der Waals surface area (Å²) in [6.07, 6.45) is -1.49. The van der Waals surface area contributed by atoms with Crippen LogP contribution in [0.2, 0.25) is 0 Å². The molecular weight excluding hydrogens is 313 g/mol. The third kappa shape index (κ3) is 4.46. The number of aromatic amines is 1. The van der Waals surface area contributed by atoms with Crippen LogP contribution in [0.4, 0.5) is 23.7 Å². The minimum Gasteiger partial charge on any atom is -0.351 e. The highest BCUT2D eigenvalue weighted by molar-refractivity contribution is 5.89. The van der Waals surface area contributed by atoms with Crippen molar-refractivity contribution in [3.63, 3.8) is 0 Å². The number of alkyl halides is 3. The minimum absolute atomic E-state index is 0.353. The lowest BCUT2D eigenvalue weighted by Gasteiger charge is -2.16. The van der Waals surface area contributed by atoms with Crippen LogP contribution in [0.15, 0.2) is 36.8 Å². The fourth-order valence-electron chi connectivity index (χ4n) is 1.91. The second-order valence-corrected chi connectivity index (χ2v) is 4.61. The average molecular weight is 328 g/mol. The number of H-pyrrole nitrogens is 1. The van der Waals surface area contributed by atoms with Crippen LogP contribution in [0.25, 0.3) is 0 Å². The number of para-hydroxylation sites is 1. The third-order valence-corrected chi connectivity index (χ3v) is 2.99. The number of rotatable bonds is 5. The molecule has 23 heavy (non-hydrogen) atoms. The molecule has 1 heterocycles. The number of halogens is 3. The Morgan fingerprint density at radius 2 is 2.13 bits per heavy atom. The molecule has 2 rings (SSSR count). The van der Waals surface area contributed by atoms with Crippen molar-refractivity contribution in [1.29, 1.82) is 0 Å². The monoisotopic (exact) mass is 328 g/mol. The normalized spacial score (nSPS) is 12.7. The Bertz CT molecular complexity index is 644. The van der Waals surface area contributed by atoms with Gasteiger partial charge in [0.15, 0.2) is 0 Å². The largest absolute Gasteiger partial charge is 0.418 e. The van der Waals surface area contributed by atoms with E-state index in [2.05, 4.69) is 20.8 Å². The van der Waals surface area contributed by atoms with E-state index < -0.39 is 23.9 Å². The summed E-state index contributed by atoms with van der Waals surface area (Å²) in [5.74, 6) is 0. The first-order chi connectivity index (χ1) is 10.9. The van der Waals surface area contributed by atoms with Gasteiger partial charge in [-0.05, 0) is 18.6 Å². The number of nitrogens with zero attached hydrogens (tertiary/aromatic N) is 1. The summed E-state index contributed by atoms with van der Waals surface area (Å²) < 4.78 is 38.5. The molecule has 3 N–H and O–H groups in total. The zero-order valence-corrected chi connectivity index (χ0v) is 12.1. The molecule has 0 saturated heterocycles. The Kier molecular flexibility index (Phi) is 5.22. The van der Waals surface area contributed by atoms with Gasteiger partial charge in [-0.3, -0.25) is 4.84 Å². The van der Waals surface area contributed by atoms with Gasteiger partial charge in [-0.2, -0.15) is 13.2 Å². The molecule has 0 spiro atoms. The average Bonchev–Trinajstić information content (AvgIpc) is 3.01. The topological polar surface area (TPSA) is 79.0 Å². The van der Waals surface area contributed by atoms with Crippen LogP contribution in [0.5, 0.6) is 0 Å². The van der Waals surface area contributed by atoms with E-state index in [1.54, 1.807) is 6.20 Å². The predicted molar refractivity (Wildman–Crippen MR) is 76.3 cm³/mol. The molecule has 2 amide bonds. The number of benzene rings is 1. The van der Waals surface area contributed by atoms with Crippen molar-refractivity contribution in [2.75, 3.05) is 5.32 Å². The molecule has 0 radical (unpaired) electrons. The maximum absolute atomic E-state index is 12.8. The molecule has 0 saturated carbocycles. The van der Waals surface area contributed by atoms with Crippen molar-refractivity contribution in [1.82, 2.24) is 15.4 Å². The number of urea groups is 1. The van der Waals surface area contributed by atoms with Gasteiger partial charge in [0.2, 0.25) is 0 Å². The molecule has 0 bridgehead atoms. The molecule has 2 aromatic rings. The molecule has 0 aliphatic rings. The predicted octanol–water partition coefficient (Wildman–Crippen LogP) is 3.63. The van der Waals surface area contributed by atoms with Gasteiger partial charge in [0.1, 0.15) is 6.10 Å². The fourth-order valence-corrected chi connectivity index (χ4v) is 1.91. The molecule has 0 aliphatic heterocycles. The van der Waals surface area contributed by atoms with Crippen LogP contribution in [0.1, 0.15) is 30.7 Å². The van der Waals surface area contributed by atoms with Gasteiger partial charge in [-0.1, -0.05) is 19.1 Å². The zero-order chi connectivity index (χ0) is 16.9. The first-order valence-corrected chi connectivity index (χ1v) is 6.79. The molecule has 0 fully saturated rings. The van der Waals surface area contributed by atoms with Crippen molar-refractivity contribution < 1.29 is 22.8 Å². The molecule has 1 aromatic carbocycles. The van der Waals surface area contributed by atoms with Gasteiger partial charge in [0.25, 0.3) is 0 Å². The maximum atomic E-state index is 12.8. The molecule has 1 atom stereocenters. The maximum Gasteiger partial charge on any atom is 0.418 e. The van der Waals surface area contributed by atoms with E-state index in [0.717, 1.165) is 12.1 Å². The zero-order valence-electron chi connectivity index (χ0n) is 12.1. The summed E-state index contributed by atoms with van der Waals surface area (Å²) in [5.41, 5.74) is 1.36. The molecule has 9 heteroatoms. The number of carbonyl (C=O) groups excluding carboxylic acids is 1. The van der Waals surface area contributed by atoms with Crippen LogP contribution in [-0.4, -0.2) is 16.0 Å². The summed E-state index contributed by atoms with van der Waals surface area (Å²) in [6.45, 7) is 1.82. The van der Waals surface area contributed by atoms with Gasteiger partial charge in [-0.15, -0.1) is 0 Å². The minimum atomic E-state index is -4.56. The molecular formula is C14H15F3N4O2. The second-order valence-electron chi connectivity index (χ2n) is 4.61. The number of amides is 2. The molecule has 124 valence electrons.